The molecule has 98 valence electrons. The van der Waals surface area contributed by atoms with Crippen LogP contribution >= 0.6 is 11.3 Å². The molecule has 0 amide bonds. The van der Waals surface area contributed by atoms with Crippen molar-refractivity contribution in [1.82, 2.24) is 19.9 Å². The first-order valence-electron chi connectivity index (χ1n) is 5.92. The van der Waals surface area contributed by atoms with Crippen LogP contribution in [0.3, 0.4) is 0 Å². The van der Waals surface area contributed by atoms with Gasteiger partial charge >= 0.3 is 0 Å². The van der Waals surface area contributed by atoms with Gasteiger partial charge in [-0.05, 0) is 6.54 Å². The summed E-state index contributed by atoms with van der Waals surface area (Å²) in [5, 5.41) is 4.27. The van der Waals surface area contributed by atoms with Crippen LogP contribution < -0.4 is 5.32 Å². The highest BCUT2D eigenvalue weighted by molar-refractivity contribution is 7.15. The largest absolute Gasteiger partial charge is 0.378 e. The Morgan fingerprint density at radius 3 is 2.94 bits per heavy atom. The maximum absolute atomic E-state index is 5.20. The van der Waals surface area contributed by atoms with E-state index in [9.17, 15) is 0 Å². The van der Waals surface area contributed by atoms with Gasteiger partial charge in [-0.15, -0.1) is 11.3 Å². The monoisotopic (exact) mass is 266 g/mol. The molecule has 2 rings (SSSR count). The molecule has 18 heavy (non-hydrogen) atoms. The van der Waals surface area contributed by atoms with Crippen molar-refractivity contribution in [1.29, 1.82) is 0 Å². The molecule has 0 atom stereocenters. The molecule has 2 aromatic heterocycles. The first-order valence-corrected chi connectivity index (χ1v) is 6.73. The van der Waals surface area contributed by atoms with Crippen LogP contribution in [-0.2, 0) is 24.9 Å². The normalized spacial score (nSPS) is 11.1. The molecule has 0 bridgehead atoms. The lowest BCUT2D eigenvalue weighted by Gasteiger charge is -2.00. The van der Waals surface area contributed by atoms with Gasteiger partial charge in [0.15, 0.2) is 10.8 Å². The zero-order valence-electron chi connectivity index (χ0n) is 10.9. The van der Waals surface area contributed by atoms with Crippen LogP contribution in [0.15, 0.2) is 12.4 Å². The van der Waals surface area contributed by atoms with Gasteiger partial charge in [0.2, 0.25) is 0 Å². The summed E-state index contributed by atoms with van der Waals surface area (Å²) in [6, 6.07) is 0. The Labute approximate surface area is 111 Å². The van der Waals surface area contributed by atoms with Crippen LogP contribution in [0, 0.1) is 0 Å². The first-order chi connectivity index (χ1) is 8.76. The molecule has 0 aliphatic rings. The molecule has 1 N–H and O–H groups in total. The van der Waals surface area contributed by atoms with Crippen LogP contribution in [0.2, 0.25) is 0 Å². The molecule has 6 heteroatoms. The minimum Gasteiger partial charge on any atom is -0.378 e. The molecular formula is C12H18N4OS. The number of ether oxygens (including phenoxy) is 1. The maximum Gasteiger partial charge on any atom is 0.168 e. The molecular weight excluding hydrogens is 248 g/mol. The average Bonchev–Trinajstić information content (AvgIpc) is 2.94. The number of thiazole rings is 1. The molecule has 0 radical (unpaired) electrons. The Hall–Kier alpha value is -1.24. The van der Waals surface area contributed by atoms with E-state index in [1.165, 1.54) is 4.88 Å². The minimum atomic E-state index is 0.543. The van der Waals surface area contributed by atoms with Crippen LogP contribution in [-0.4, -0.2) is 28.2 Å². The minimum absolute atomic E-state index is 0.543. The smallest absolute Gasteiger partial charge is 0.168 e. The number of methoxy groups -OCH3 is 1. The summed E-state index contributed by atoms with van der Waals surface area (Å²) in [4.78, 5) is 10.2. The summed E-state index contributed by atoms with van der Waals surface area (Å²) in [5.74, 6) is 0.903. The second-order valence-electron chi connectivity index (χ2n) is 3.96. The van der Waals surface area contributed by atoms with E-state index in [1.807, 2.05) is 17.8 Å². The van der Waals surface area contributed by atoms with Gasteiger partial charge in [0.05, 0.1) is 12.3 Å². The Balaban J connectivity index is 2.29. The number of rotatable bonds is 6. The molecule has 0 spiro atoms. The second kappa shape index (κ2) is 6.08. The summed E-state index contributed by atoms with van der Waals surface area (Å²) >= 11 is 1.67. The Morgan fingerprint density at radius 1 is 1.50 bits per heavy atom. The van der Waals surface area contributed by atoms with E-state index in [4.69, 9.17) is 4.74 Å². The van der Waals surface area contributed by atoms with Gasteiger partial charge in [-0.25, -0.2) is 9.97 Å². The summed E-state index contributed by atoms with van der Waals surface area (Å²) in [7, 11) is 3.67. The molecule has 2 aromatic rings. The fraction of sp³-hybridized carbons (Fsp3) is 0.500. The third-order valence-electron chi connectivity index (χ3n) is 2.61. The van der Waals surface area contributed by atoms with Crippen molar-refractivity contribution < 1.29 is 4.74 Å². The van der Waals surface area contributed by atoms with Gasteiger partial charge in [-0.2, -0.15) is 0 Å². The van der Waals surface area contributed by atoms with E-state index < -0.39 is 0 Å². The quantitative estimate of drug-likeness (QED) is 0.866. The highest BCUT2D eigenvalue weighted by atomic mass is 32.1. The summed E-state index contributed by atoms with van der Waals surface area (Å²) in [5.41, 5.74) is 1.00. The number of aromatic nitrogens is 3. The number of aryl methyl sites for hydroxylation is 1. The Kier molecular flexibility index (Phi) is 4.46. The second-order valence-corrected chi connectivity index (χ2v) is 5.05. The van der Waals surface area contributed by atoms with Gasteiger partial charge < -0.3 is 14.6 Å². The number of hydrogen-bond donors (Lipinski definition) is 1. The third kappa shape index (κ3) is 2.77. The predicted octanol–water partition coefficient (Wildman–Crippen LogP) is 1.80. The Bertz CT molecular complexity index is 506. The molecule has 0 aliphatic carbocycles. The van der Waals surface area contributed by atoms with E-state index in [-0.39, 0.29) is 0 Å². The van der Waals surface area contributed by atoms with E-state index >= 15 is 0 Å². The topological polar surface area (TPSA) is 52.0 Å². The fourth-order valence-corrected chi connectivity index (χ4v) is 2.75. The van der Waals surface area contributed by atoms with Gasteiger partial charge in [-0.3, -0.25) is 0 Å². The molecule has 0 fully saturated rings. The Morgan fingerprint density at radius 2 is 2.33 bits per heavy atom. The van der Waals surface area contributed by atoms with E-state index in [0.717, 1.165) is 29.6 Å². The summed E-state index contributed by atoms with van der Waals surface area (Å²) in [6.07, 6.45) is 3.72. The predicted molar refractivity (Wildman–Crippen MR) is 72.4 cm³/mol. The van der Waals surface area contributed by atoms with Gasteiger partial charge in [0.1, 0.15) is 0 Å². The van der Waals surface area contributed by atoms with E-state index in [1.54, 1.807) is 24.6 Å². The average molecular weight is 266 g/mol. The van der Waals surface area contributed by atoms with Gasteiger partial charge in [-0.1, -0.05) is 6.92 Å². The zero-order valence-corrected chi connectivity index (χ0v) is 11.8. The molecule has 0 saturated carbocycles. The van der Waals surface area contributed by atoms with E-state index in [2.05, 4.69) is 22.2 Å². The molecule has 0 saturated heterocycles. The van der Waals surface area contributed by atoms with Crippen molar-refractivity contribution in [3.63, 3.8) is 0 Å². The maximum atomic E-state index is 5.20. The lowest BCUT2D eigenvalue weighted by atomic mass is 10.3. The number of hydrogen-bond acceptors (Lipinski definition) is 5. The molecule has 0 aromatic carbocycles. The van der Waals surface area contributed by atoms with Crippen molar-refractivity contribution in [3.05, 3.63) is 23.0 Å². The van der Waals surface area contributed by atoms with Crippen LogP contribution in [0.1, 0.15) is 17.5 Å². The lowest BCUT2D eigenvalue weighted by Crippen LogP contribution is -2.12. The van der Waals surface area contributed by atoms with Crippen LogP contribution in [0.5, 0.6) is 0 Å². The van der Waals surface area contributed by atoms with Crippen molar-refractivity contribution in [2.75, 3.05) is 13.7 Å². The van der Waals surface area contributed by atoms with Crippen molar-refractivity contribution in [3.8, 4) is 10.8 Å². The van der Waals surface area contributed by atoms with Crippen LogP contribution in [0.25, 0.3) is 10.8 Å². The fourth-order valence-electron chi connectivity index (χ4n) is 1.68. The zero-order chi connectivity index (χ0) is 13.0. The standard InChI is InChI=1S/C12H18N4OS/c1-4-13-7-10-9(8-17-3)15-12(18-10)11-14-5-6-16(11)2/h5-6,13H,4,7-8H2,1-3H3. The molecule has 5 nitrogen and oxygen atoms in total. The molecule has 2 heterocycles. The van der Waals surface area contributed by atoms with Crippen molar-refractivity contribution in [2.24, 2.45) is 7.05 Å². The van der Waals surface area contributed by atoms with Crippen molar-refractivity contribution >= 4 is 11.3 Å². The summed E-state index contributed by atoms with van der Waals surface area (Å²) < 4.78 is 7.18. The van der Waals surface area contributed by atoms with Gasteiger partial charge in [0.25, 0.3) is 0 Å². The number of nitrogens with zero attached hydrogens (tertiary/aromatic N) is 3. The molecule has 0 aliphatic heterocycles. The first kappa shape index (κ1) is 13.2. The molecule has 0 unspecified atom stereocenters. The highest BCUT2D eigenvalue weighted by Gasteiger charge is 2.14. The lowest BCUT2D eigenvalue weighted by molar-refractivity contribution is 0.181. The van der Waals surface area contributed by atoms with Crippen LogP contribution in [0.4, 0.5) is 0 Å². The summed E-state index contributed by atoms with van der Waals surface area (Å²) in [6.45, 7) is 4.41. The van der Waals surface area contributed by atoms with E-state index in [0.29, 0.717) is 6.61 Å². The number of imidazole rings is 1. The highest BCUT2D eigenvalue weighted by Crippen LogP contribution is 2.27. The number of nitrogens with one attached hydrogen (secondary N) is 1. The SMILES string of the molecule is CCNCc1sc(-c2nccn2C)nc1COC. The van der Waals surface area contributed by atoms with Crippen molar-refractivity contribution in [2.45, 2.75) is 20.1 Å². The third-order valence-corrected chi connectivity index (χ3v) is 3.70. The van der Waals surface area contributed by atoms with Gasteiger partial charge in [0, 0.05) is 38.0 Å².